The Labute approximate surface area is 92.4 Å². The number of carbonyl (C=O) groups excluding carboxylic acids is 1. The van der Waals surface area contributed by atoms with Gasteiger partial charge in [0, 0.05) is 19.0 Å². The van der Waals surface area contributed by atoms with Crippen LogP contribution in [0.2, 0.25) is 0 Å². The minimum Gasteiger partial charge on any atom is -0.437 e. The maximum atomic E-state index is 11.5. The maximum absolute atomic E-state index is 11.5. The Morgan fingerprint density at radius 3 is 3.00 bits per heavy atom. The van der Waals surface area contributed by atoms with Crippen molar-refractivity contribution in [3.05, 3.63) is 18.1 Å². The van der Waals surface area contributed by atoms with Crippen LogP contribution in [0.3, 0.4) is 0 Å². The Bertz CT molecular complexity index is 429. The van der Waals surface area contributed by atoms with E-state index in [0.29, 0.717) is 5.82 Å². The second-order valence-corrected chi connectivity index (χ2v) is 4.04. The van der Waals surface area contributed by atoms with Gasteiger partial charge in [0.2, 0.25) is 0 Å². The number of fused-ring (bicyclic) bond motifs is 2. The van der Waals surface area contributed by atoms with Crippen LogP contribution in [0.5, 0.6) is 0 Å². The van der Waals surface area contributed by atoms with Crippen molar-refractivity contribution in [1.29, 1.82) is 0 Å². The number of aromatic nitrogens is 2. The standard InChI is InChI=1S/C10H12N4O2/c15-9-14-8-7(5-12-6-13-8)10(16-9)1-3-11-4-2-10/h5-6,11H,1-4H2,(H,12,13,14,15). The number of amides is 1. The van der Waals surface area contributed by atoms with Crippen LogP contribution >= 0.6 is 0 Å². The third-order valence-corrected chi connectivity index (χ3v) is 3.12. The van der Waals surface area contributed by atoms with E-state index in [1.165, 1.54) is 6.33 Å². The molecule has 2 aliphatic heterocycles. The van der Waals surface area contributed by atoms with Gasteiger partial charge in [0.05, 0.1) is 5.56 Å². The van der Waals surface area contributed by atoms with Crippen molar-refractivity contribution >= 4 is 11.9 Å². The number of carbonyl (C=O) groups is 1. The molecule has 3 heterocycles. The lowest BCUT2D eigenvalue weighted by Crippen LogP contribution is -2.47. The predicted octanol–water partition coefficient (Wildman–Crippen LogP) is 0.617. The highest BCUT2D eigenvalue weighted by molar-refractivity contribution is 5.87. The molecule has 0 saturated carbocycles. The predicted molar refractivity (Wildman–Crippen MR) is 55.9 cm³/mol. The van der Waals surface area contributed by atoms with Crippen molar-refractivity contribution in [3.8, 4) is 0 Å². The van der Waals surface area contributed by atoms with E-state index in [1.54, 1.807) is 6.20 Å². The van der Waals surface area contributed by atoms with Crippen LogP contribution in [0, 0.1) is 0 Å². The molecule has 84 valence electrons. The van der Waals surface area contributed by atoms with Crippen molar-refractivity contribution in [2.24, 2.45) is 0 Å². The van der Waals surface area contributed by atoms with Gasteiger partial charge >= 0.3 is 6.09 Å². The van der Waals surface area contributed by atoms with E-state index in [0.717, 1.165) is 31.5 Å². The number of piperidine rings is 1. The minimum absolute atomic E-state index is 0.423. The smallest absolute Gasteiger partial charge is 0.413 e. The lowest BCUT2D eigenvalue weighted by atomic mass is 9.85. The first-order valence-corrected chi connectivity index (χ1v) is 5.31. The molecule has 0 unspecified atom stereocenters. The highest BCUT2D eigenvalue weighted by Crippen LogP contribution is 2.40. The molecule has 3 rings (SSSR count). The Hall–Kier alpha value is -1.69. The van der Waals surface area contributed by atoms with Gasteiger partial charge in [0.25, 0.3) is 0 Å². The summed E-state index contributed by atoms with van der Waals surface area (Å²) in [6.07, 6.45) is 4.27. The van der Waals surface area contributed by atoms with Crippen LogP contribution in [-0.4, -0.2) is 29.2 Å². The molecule has 1 aromatic heterocycles. The summed E-state index contributed by atoms with van der Waals surface area (Å²) < 4.78 is 5.47. The zero-order valence-corrected chi connectivity index (χ0v) is 8.69. The summed E-state index contributed by atoms with van der Waals surface area (Å²) in [5.74, 6) is 0.577. The van der Waals surface area contributed by atoms with Gasteiger partial charge in [-0.1, -0.05) is 0 Å². The Morgan fingerprint density at radius 1 is 1.38 bits per heavy atom. The summed E-state index contributed by atoms with van der Waals surface area (Å²) in [6.45, 7) is 1.67. The number of nitrogens with zero attached hydrogens (tertiary/aromatic N) is 2. The van der Waals surface area contributed by atoms with Gasteiger partial charge in [0.15, 0.2) is 0 Å². The molecule has 1 aromatic rings. The van der Waals surface area contributed by atoms with Gasteiger partial charge in [-0.25, -0.2) is 14.8 Å². The fourth-order valence-electron chi connectivity index (χ4n) is 2.32. The SMILES string of the molecule is O=C1Nc2ncncc2C2(CCNCC2)O1. The molecule has 6 heteroatoms. The van der Waals surface area contributed by atoms with Crippen LogP contribution in [0.4, 0.5) is 10.6 Å². The highest BCUT2D eigenvalue weighted by Gasteiger charge is 2.43. The summed E-state index contributed by atoms with van der Waals surface area (Å²) in [4.78, 5) is 19.6. The molecule has 2 N–H and O–H groups in total. The van der Waals surface area contributed by atoms with E-state index in [1.807, 2.05) is 0 Å². The second-order valence-electron chi connectivity index (χ2n) is 4.04. The van der Waals surface area contributed by atoms with E-state index in [9.17, 15) is 4.79 Å². The van der Waals surface area contributed by atoms with Gasteiger partial charge < -0.3 is 10.1 Å². The van der Waals surface area contributed by atoms with E-state index >= 15 is 0 Å². The molecule has 0 aliphatic carbocycles. The molecular formula is C10H12N4O2. The largest absolute Gasteiger partial charge is 0.437 e. The average molecular weight is 220 g/mol. The van der Waals surface area contributed by atoms with Crippen molar-refractivity contribution in [2.45, 2.75) is 18.4 Å². The first kappa shape index (κ1) is 9.53. The fourth-order valence-corrected chi connectivity index (χ4v) is 2.32. The van der Waals surface area contributed by atoms with Crippen LogP contribution in [0.15, 0.2) is 12.5 Å². The zero-order chi connectivity index (χ0) is 11.0. The van der Waals surface area contributed by atoms with Crippen LogP contribution < -0.4 is 10.6 Å². The Morgan fingerprint density at radius 2 is 2.19 bits per heavy atom. The third-order valence-electron chi connectivity index (χ3n) is 3.12. The summed E-state index contributed by atoms with van der Waals surface area (Å²) in [6, 6.07) is 0. The van der Waals surface area contributed by atoms with Gasteiger partial charge in [-0.3, -0.25) is 5.32 Å². The monoisotopic (exact) mass is 220 g/mol. The molecule has 1 amide bonds. The molecule has 0 atom stereocenters. The third kappa shape index (κ3) is 1.34. The van der Waals surface area contributed by atoms with Crippen LogP contribution in [-0.2, 0) is 10.3 Å². The molecule has 1 spiro atoms. The zero-order valence-electron chi connectivity index (χ0n) is 8.69. The topological polar surface area (TPSA) is 76.1 Å². The number of rotatable bonds is 0. The summed E-state index contributed by atoms with van der Waals surface area (Å²) in [7, 11) is 0. The molecule has 1 fully saturated rings. The number of hydrogen-bond acceptors (Lipinski definition) is 5. The molecule has 6 nitrogen and oxygen atoms in total. The summed E-state index contributed by atoms with van der Waals surface area (Å²) in [5.41, 5.74) is 0.348. The van der Waals surface area contributed by atoms with E-state index in [2.05, 4.69) is 20.6 Å². The fraction of sp³-hybridized carbons (Fsp3) is 0.500. The molecule has 0 radical (unpaired) electrons. The Balaban J connectivity index is 2.08. The van der Waals surface area contributed by atoms with Gasteiger partial charge in [-0.05, 0) is 13.1 Å². The highest BCUT2D eigenvalue weighted by atomic mass is 16.6. The maximum Gasteiger partial charge on any atom is 0.413 e. The van der Waals surface area contributed by atoms with Crippen LogP contribution in [0.25, 0.3) is 0 Å². The lowest BCUT2D eigenvalue weighted by Gasteiger charge is -2.40. The summed E-state index contributed by atoms with van der Waals surface area (Å²) in [5, 5.41) is 5.85. The molecule has 0 bridgehead atoms. The van der Waals surface area contributed by atoms with E-state index < -0.39 is 11.7 Å². The number of nitrogens with one attached hydrogen (secondary N) is 2. The van der Waals surface area contributed by atoms with E-state index in [4.69, 9.17) is 4.74 Å². The van der Waals surface area contributed by atoms with Gasteiger partial charge in [0.1, 0.15) is 17.7 Å². The van der Waals surface area contributed by atoms with E-state index in [-0.39, 0.29) is 0 Å². The average Bonchev–Trinajstić information content (AvgIpc) is 2.30. The quantitative estimate of drug-likeness (QED) is 0.670. The van der Waals surface area contributed by atoms with Gasteiger partial charge in [-0.15, -0.1) is 0 Å². The van der Waals surface area contributed by atoms with Crippen LogP contribution in [0.1, 0.15) is 18.4 Å². The molecular weight excluding hydrogens is 208 g/mol. The van der Waals surface area contributed by atoms with Crippen molar-refractivity contribution in [1.82, 2.24) is 15.3 Å². The van der Waals surface area contributed by atoms with Crippen molar-refractivity contribution in [2.75, 3.05) is 18.4 Å². The first-order valence-electron chi connectivity index (χ1n) is 5.31. The van der Waals surface area contributed by atoms with Gasteiger partial charge in [-0.2, -0.15) is 0 Å². The minimum atomic E-state index is -0.538. The number of anilines is 1. The second kappa shape index (κ2) is 3.41. The van der Waals surface area contributed by atoms with Crippen molar-refractivity contribution < 1.29 is 9.53 Å². The molecule has 16 heavy (non-hydrogen) atoms. The number of hydrogen-bond donors (Lipinski definition) is 2. The summed E-state index contributed by atoms with van der Waals surface area (Å²) >= 11 is 0. The molecule has 1 saturated heterocycles. The Kier molecular flexibility index (Phi) is 2.03. The normalized spacial score (nSPS) is 22.1. The molecule has 0 aromatic carbocycles. The number of ether oxygens (including phenoxy) is 1. The lowest BCUT2D eigenvalue weighted by molar-refractivity contribution is -0.0133. The first-order chi connectivity index (χ1) is 7.80. The molecule has 2 aliphatic rings. The van der Waals surface area contributed by atoms with Crippen molar-refractivity contribution in [3.63, 3.8) is 0 Å².